The minimum Gasteiger partial charge on any atom is -0.326 e. The second-order valence-electron chi connectivity index (χ2n) is 7.63. The minimum atomic E-state index is -3.76. The van der Waals surface area contributed by atoms with Gasteiger partial charge in [-0.15, -0.1) is 11.3 Å². The van der Waals surface area contributed by atoms with Gasteiger partial charge in [0.25, 0.3) is 10.0 Å². The van der Waals surface area contributed by atoms with Gasteiger partial charge < -0.3 is 10.2 Å². The van der Waals surface area contributed by atoms with Gasteiger partial charge in [-0.25, -0.2) is 13.4 Å². The summed E-state index contributed by atoms with van der Waals surface area (Å²) in [6, 6.07) is 11.7. The van der Waals surface area contributed by atoms with Gasteiger partial charge in [0.2, 0.25) is 11.8 Å². The van der Waals surface area contributed by atoms with Crippen LogP contribution in [0.1, 0.15) is 17.5 Å². The Hall–Kier alpha value is -3.24. The Morgan fingerprint density at radius 3 is 2.53 bits per heavy atom. The highest BCUT2D eigenvalue weighted by molar-refractivity contribution is 7.93. The van der Waals surface area contributed by atoms with Crippen LogP contribution in [0.4, 0.5) is 16.5 Å². The maximum atomic E-state index is 12.7. The van der Waals surface area contributed by atoms with Crippen molar-refractivity contribution < 1.29 is 18.0 Å². The van der Waals surface area contributed by atoms with E-state index < -0.39 is 15.9 Å². The zero-order chi connectivity index (χ0) is 22.9. The molecule has 10 heteroatoms. The summed E-state index contributed by atoms with van der Waals surface area (Å²) in [5.74, 6) is -0.858. The lowest BCUT2D eigenvalue weighted by Crippen LogP contribution is -2.28. The lowest BCUT2D eigenvalue weighted by Gasteiger charge is -2.18. The van der Waals surface area contributed by atoms with E-state index >= 15 is 0 Å². The molecular formula is C22H22N4O4S2. The molecular weight excluding hydrogens is 448 g/mol. The van der Waals surface area contributed by atoms with Gasteiger partial charge >= 0.3 is 0 Å². The van der Waals surface area contributed by atoms with Gasteiger partial charge in [0.15, 0.2) is 5.13 Å². The maximum absolute atomic E-state index is 12.7. The number of aromatic nitrogens is 1. The standard InChI is InChI=1S/C22H22N4O4S2/c1-14-3-6-18(11-15(14)2)26-13-16(12-20(26)27)21(28)24-17-4-7-19(8-5-17)32(29,30)25-22-23-9-10-31-22/h3-11,16H,12-13H2,1-2H3,(H,23,25)(H,24,28)/t16-/m1/s1. The summed E-state index contributed by atoms with van der Waals surface area (Å²) >= 11 is 1.18. The molecule has 1 atom stereocenters. The predicted molar refractivity (Wildman–Crippen MR) is 124 cm³/mol. The first-order valence-corrected chi connectivity index (χ1v) is 12.3. The molecule has 1 aromatic heterocycles. The van der Waals surface area contributed by atoms with Crippen molar-refractivity contribution in [3.63, 3.8) is 0 Å². The number of hydrogen-bond donors (Lipinski definition) is 2. The summed E-state index contributed by atoms with van der Waals surface area (Å²) in [6.45, 7) is 4.30. The molecule has 1 aliphatic heterocycles. The van der Waals surface area contributed by atoms with Gasteiger partial charge in [-0.2, -0.15) is 0 Å². The van der Waals surface area contributed by atoms with Gasteiger partial charge in [-0.3, -0.25) is 14.3 Å². The third-order valence-electron chi connectivity index (χ3n) is 5.38. The molecule has 4 rings (SSSR count). The topological polar surface area (TPSA) is 108 Å². The van der Waals surface area contributed by atoms with Gasteiger partial charge in [0, 0.05) is 35.9 Å². The molecule has 0 unspecified atom stereocenters. The Morgan fingerprint density at radius 1 is 1.12 bits per heavy atom. The number of thiazole rings is 1. The van der Waals surface area contributed by atoms with E-state index in [4.69, 9.17) is 0 Å². The molecule has 2 amide bonds. The SMILES string of the molecule is Cc1ccc(N2C[C@H](C(=O)Nc3ccc(S(=O)(=O)Nc4nccs4)cc3)CC2=O)cc1C. The highest BCUT2D eigenvalue weighted by Crippen LogP contribution is 2.28. The first-order chi connectivity index (χ1) is 15.2. The highest BCUT2D eigenvalue weighted by Gasteiger charge is 2.35. The summed E-state index contributed by atoms with van der Waals surface area (Å²) in [6.07, 6.45) is 1.64. The summed E-state index contributed by atoms with van der Waals surface area (Å²) in [5.41, 5.74) is 3.47. The number of aryl methyl sites for hydroxylation is 2. The first kappa shape index (κ1) is 22.0. The van der Waals surface area contributed by atoms with E-state index in [2.05, 4.69) is 15.0 Å². The highest BCUT2D eigenvalue weighted by atomic mass is 32.2. The molecule has 0 aliphatic carbocycles. The summed E-state index contributed by atoms with van der Waals surface area (Å²) < 4.78 is 27.2. The van der Waals surface area contributed by atoms with Gasteiger partial charge in [0.1, 0.15) is 0 Å². The number of nitrogens with one attached hydrogen (secondary N) is 2. The number of benzene rings is 2. The van der Waals surface area contributed by atoms with Gasteiger partial charge in [-0.1, -0.05) is 6.07 Å². The van der Waals surface area contributed by atoms with Crippen LogP contribution in [0.2, 0.25) is 0 Å². The second-order valence-corrected chi connectivity index (χ2v) is 10.2. The Kier molecular flexibility index (Phi) is 5.98. The summed E-state index contributed by atoms with van der Waals surface area (Å²) in [7, 11) is -3.76. The molecule has 2 N–H and O–H groups in total. The van der Waals surface area contributed by atoms with E-state index in [1.54, 1.807) is 10.3 Å². The maximum Gasteiger partial charge on any atom is 0.263 e. The third-order valence-corrected chi connectivity index (χ3v) is 7.56. The van der Waals surface area contributed by atoms with Crippen LogP contribution >= 0.6 is 11.3 Å². The number of carbonyl (C=O) groups excluding carboxylic acids is 2. The van der Waals surface area contributed by atoms with Crippen molar-refractivity contribution in [1.82, 2.24) is 4.98 Å². The molecule has 1 saturated heterocycles. The van der Waals surface area contributed by atoms with Crippen LogP contribution in [0.5, 0.6) is 0 Å². The fourth-order valence-electron chi connectivity index (χ4n) is 3.44. The monoisotopic (exact) mass is 470 g/mol. The normalized spacial score (nSPS) is 16.2. The quantitative estimate of drug-likeness (QED) is 0.573. The van der Waals surface area contributed by atoms with Gasteiger partial charge in [-0.05, 0) is 61.4 Å². The van der Waals surface area contributed by atoms with E-state index in [0.717, 1.165) is 16.8 Å². The molecule has 1 aliphatic rings. The first-order valence-electron chi connectivity index (χ1n) is 9.94. The lowest BCUT2D eigenvalue weighted by molar-refractivity contribution is -0.122. The molecule has 8 nitrogen and oxygen atoms in total. The van der Waals surface area contributed by atoms with Crippen molar-refractivity contribution in [1.29, 1.82) is 0 Å². The van der Waals surface area contributed by atoms with Gasteiger partial charge in [0.05, 0.1) is 10.8 Å². The van der Waals surface area contributed by atoms with Crippen LogP contribution < -0.4 is 14.9 Å². The second kappa shape index (κ2) is 8.71. The van der Waals surface area contributed by atoms with E-state index in [-0.39, 0.29) is 28.3 Å². The van der Waals surface area contributed by atoms with Crippen molar-refractivity contribution in [3.05, 3.63) is 65.2 Å². The minimum absolute atomic E-state index is 0.0580. The average molecular weight is 471 g/mol. The molecule has 0 radical (unpaired) electrons. The Bertz CT molecular complexity index is 1260. The summed E-state index contributed by atoms with van der Waals surface area (Å²) in [4.78, 5) is 30.8. The van der Waals surface area contributed by atoms with Crippen LogP contribution in [0.25, 0.3) is 0 Å². The van der Waals surface area contributed by atoms with Crippen molar-refractivity contribution in [2.75, 3.05) is 21.5 Å². The smallest absolute Gasteiger partial charge is 0.263 e. The van der Waals surface area contributed by atoms with Crippen LogP contribution in [0.3, 0.4) is 0 Å². The van der Waals surface area contributed by atoms with E-state index in [1.165, 1.54) is 41.8 Å². The molecule has 2 aromatic carbocycles. The molecule has 0 bridgehead atoms. The molecule has 2 heterocycles. The Balaban J connectivity index is 1.40. The van der Waals surface area contributed by atoms with Crippen LogP contribution in [-0.4, -0.2) is 31.8 Å². The molecule has 0 saturated carbocycles. The number of nitrogens with zero attached hydrogens (tertiary/aromatic N) is 2. The zero-order valence-corrected chi connectivity index (χ0v) is 19.2. The van der Waals surface area contributed by atoms with Crippen LogP contribution in [-0.2, 0) is 19.6 Å². The molecule has 0 spiro atoms. The number of rotatable bonds is 6. The largest absolute Gasteiger partial charge is 0.326 e. The van der Waals surface area contributed by atoms with Crippen molar-refractivity contribution in [2.24, 2.45) is 5.92 Å². The number of hydrogen-bond acceptors (Lipinski definition) is 6. The Labute approximate surface area is 190 Å². The number of anilines is 3. The number of amides is 2. The average Bonchev–Trinajstić information content (AvgIpc) is 3.40. The van der Waals surface area contributed by atoms with E-state index in [0.29, 0.717) is 12.2 Å². The van der Waals surface area contributed by atoms with Crippen LogP contribution in [0.15, 0.2) is 58.9 Å². The van der Waals surface area contributed by atoms with E-state index in [1.807, 2.05) is 32.0 Å². The Morgan fingerprint density at radius 2 is 1.88 bits per heavy atom. The molecule has 166 valence electrons. The predicted octanol–water partition coefficient (Wildman–Crippen LogP) is 3.55. The fraction of sp³-hybridized carbons (Fsp3) is 0.227. The fourth-order valence-corrected chi connectivity index (χ4v) is 5.22. The van der Waals surface area contributed by atoms with Crippen molar-refractivity contribution >= 4 is 49.7 Å². The zero-order valence-electron chi connectivity index (χ0n) is 17.5. The molecule has 3 aromatic rings. The molecule has 1 fully saturated rings. The van der Waals surface area contributed by atoms with E-state index in [9.17, 15) is 18.0 Å². The number of carbonyl (C=O) groups is 2. The third kappa shape index (κ3) is 4.66. The van der Waals surface area contributed by atoms with Crippen LogP contribution in [0, 0.1) is 19.8 Å². The lowest BCUT2D eigenvalue weighted by atomic mass is 10.1. The molecule has 32 heavy (non-hydrogen) atoms. The number of sulfonamides is 1. The van der Waals surface area contributed by atoms with Crippen molar-refractivity contribution in [3.8, 4) is 0 Å². The van der Waals surface area contributed by atoms with Crippen molar-refractivity contribution in [2.45, 2.75) is 25.2 Å². The summed E-state index contributed by atoms with van der Waals surface area (Å²) in [5, 5.41) is 4.73.